The average Bonchev–Trinajstić information content (AvgIpc) is 2.81. The third-order valence-corrected chi connectivity index (χ3v) is 3.32. The third kappa shape index (κ3) is 2.37. The largest absolute Gasteiger partial charge is 0.489 e. The predicted octanol–water partition coefficient (Wildman–Crippen LogP) is 3.29. The summed E-state index contributed by atoms with van der Waals surface area (Å²) in [5.74, 6) is 0.843. The molecular weight excluding hydrogens is 259 g/mol. The first-order valence-corrected chi connectivity index (χ1v) is 6.31. The molecule has 0 fully saturated rings. The molecule has 0 bridgehead atoms. The first kappa shape index (κ1) is 12.7. The monoisotopic (exact) mass is 272 g/mol. The van der Waals surface area contributed by atoms with Gasteiger partial charge in [-0.3, -0.25) is 4.79 Å². The molecule has 0 radical (unpaired) electrons. The lowest BCUT2D eigenvalue weighted by Gasteiger charge is -2.09. The molecule has 0 spiro atoms. The molecule has 1 aliphatic heterocycles. The minimum Gasteiger partial charge on any atom is -0.489 e. The molecule has 4 heteroatoms. The zero-order valence-corrected chi connectivity index (χ0v) is 11.0. The van der Waals surface area contributed by atoms with E-state index in [4.69, 9.17) is 9.47 Å². The fourth-order valence-corrected chi connectivity index (χ4v) is 2.12. The van der Waals surface area contributed by atoms with E-state index >= 15 is 0 Å². The van der Waals surface area contributed by atoms with E-state index < -0.39 is 0 Å². The average molecular weight is 272 g/mol. The Labute approximate surface area is 115 Å². The highest BCUT2D eigenvalue weighted by molar-refractivity contribution is 6.02. The number of halogens is 1. The first-order chi connectivity index (χ1) is 9.63. The Balaban J connectivity index is 1.76. The van der Waals surface area contributed by atoms with Gasteiger partial charge in [0.05, 0.1) is 5.56 Å². The SMILES string of the molecule is Cc1ccc(F)cc1COc1ccc2c(c1)OCC2=O. The van der Waals surface area contributed by atoms with Crippen LogP contribution in [0.15, 0.2) is 36.4 Å². The van der Waals surface area contributed by atoms with Gasteiger partial charge in [0.2, 0.25) is 5.78 Å². The maximum Gasteiger partial charge on any atom is 0.203 e. The van der Waals surface area contributed by atoms with Gasteiger partial charge in [-0.2, -0.15) is 0 Å². The molecule has 0 amide bonds. The summed E-state index contributed by atoms with van der Waals surface area (Å²) in [6.45, 7) is 2.26. The number of carbonyl (C=O) groups excluding carboxylic acids is 1. The van der Waals surface area contributed by atoms with Crippen molar-refractivity contribution in [2.24, 2.45) is 0 Å². The van der Waals surface area contributed by atoms with Crippen LogP contribution in [0.25, 0.3) is 0 Å². The number of fused-ring (bicyclic) bond motifs is 1. The fraction of sp³-hybridized carbons (Fsp3) is 0.188. The van der Waals surface area contributed by atoms with E-state index in [0.29, 0.717) is 17.1 Å². The lowest BCUT2D eigenvalue weighted by atomic mass is 10.1. The summed E-state index contributed by atoms with van der Waals surface area (Å²) in [6.07, 6.45) is 0. The smallest absolute Gasteiger partial charge is 0.203 e. The van der Waals surface area contributed by atoms with Crippen LogP contribution in [0.3, 0.4) is 0 Å². The number of carbonyl (C=O) groups is 1. The van der Waals surface area contributed by atoms with Crippen molar-refractivity contribution in [2.75, 3.05) is 6.61 Å². The molecule has 102 valence electrons. The molecule has 2 aromatic carbocycles. The second-order valence-electron chi connectivity index (χ2n) is 4.73. The lowest BCUT2D eigenvalue weighted by molar-refractivity contribution is 0.0961. The third-order valence-electron chi connectivity index (χ3n) is 3.32. The van der Waals surface area contributed by atoms with Crippen molar-refractivity contribution in [3.8, 4) is 11.5 Å². The van der Waals surface area contributed by atoms with Gasteiger partial charge in [0.1, 0.15) is 23.9 Å². The van der Waals surface area contributed by atoms with Crippen molar-refractivity contribution in [2.45, 2.75) is 13.5 Å². The van der Waals surface area contributed by atoms with Gasteiger partial charge in [0.15, 0.2) is 6.61 Å². The van der Waals surface area contributed by atoms with E-state index in [1.54, 1.807) is 24.3 Å². The molecule has 1 aliphatic rings. The molecule has 3 rings (SSSR count). The number of ether oxygens (including phenoxy) is 2. The molecular formula is C16H13FO3. The fourth-order valence-electron chi connectivity index (χ4n) is 2.12. The van der Waals surface area contributed by atoms with Crippen LogP contribution >= 0.6 is 0 Å². The zero-order chi connectivity index (χ0) is 14.1. The van der Waals surface area contributed by atoms with Crippen LogP contribution in [0.1, 0.15) is 21.5 Å². The molecule has 0 atom stereocenters. The lowest BCUT2D eigenvalue weighted by Crippen LogP contribution is -1.99. The maximum atomic E-state index is 13.2. The highest BCUT2D eigenvalue weighted by Crippen LogP contribution is 2.30. The van der Waals surface area contributed by atoms with Crippen LogP contribution < -0.4 is 9.47 Å². The predicted molar refractivity (Wildman–Crippen MR) is 71.7 cm³/mol. The van der Waals surface area contributed by atoms with Crippen molar-refractivity contribution in [1.82, 2.24) is 0 Å². The van der Waals surface area contributed by atoms with Crippen molar-refractivity contribution in [3.05, 3.63) is 58.9 Å². The Morgan fingerprint density at radius 2 is 2.10 bits per heavy atom. The molecule has 0 N–H and O–H groups in total. The van der Waals surface area contributed by atoms with Gasteiger partial charge in [-0.25, -0.2) is 4.39 Å². The van der Waals surface area contributed by atoms with Crippen LogP contribution in [-0.4, -0.2) is 12.4 Å². The van der Waals surface area contributed by atoms with Gasteiger partial charge >= 0.3 is 0 Å². The number of ketones is 1. The summed E-state index contributed by atoms with van der Waals surface area (Å²) in [5, 5.41) is 0. The van der Waals surface area contributed by atoms with E-state index in [-0.39, 0.29) is 24.8 Å². The van der Waals surface area contributed by atoms with E-state index in [9.17, 15) is 9.18 Å². The minimum absolute atomic E-state index is 0.0208. The summed E-state index contributed by atoms with van der Waals surface area (Å²) in [5.41, 5.74) is 2.35. The summed E-state index contributed by atoms with van der Waals surface area (Å²) >= 11 is 0. The maximum absolute atomic E-state index is 13.2. The van der Waals surface area contributed by atoms with Crippen molar-refractivity contribution < 1.29 is 18.7 Å². The van der Waals surface area contributed by atoms with Crippen molar-refractivity contribution in [3.63, 3.8) is 0 Å². The van der Waals surface area contributed by atoms with E-state index in [1.165, 1.54) is 12.1 Å². The topological polar surface area (TPSA) is 35.5 Å². The highest BCUT2D eigenvalue weighted by atomic mass is 19.1. The van der Waals surface area contributed by atoms with Gasteiger partial charge in [-0.1, -0.05) is 6.07 Å². The van der Waals surface area contributed by atoms with Gasteiger partial charge in [-0.15, -0.1) is 0 Å². The Bertz CT molecular complexity index is 679. The summed E-state index contributed by atoms with van der Waals surface area (Å²) in [4.78, 5) is 11.4. The quantitative estimate of drug-likeness (QED) is 0.860. The van der Waals surface area contributed by atoms with Gasteiger partial charge < -0.3 is 9.47 Å². The second-order valence-corrected chi connectivity index (χ2v) is 4.73. The summed E-state index contributed by atoms with van der Waals surface area (Å²) in [7, 11) is 0. The standard InChI is InChI=1S/C16H13FO3/c1-10-2-3-12(17)6-11(10)8-19-13-4-5-14-15(18)9-20-16(14)7-13/h2-7H,8-9H2,1H3. The van der Waals surface area contributed by atoms with Gasteiger partial charge in [-0.05, 0) is 42.3 Å². The van der Waals surface area contributed by atoms with Gasteiger partial charge in [0, 0.05) is 6.07 Å². The molecule has 1 heterocycles. The van der Waals surface area contributed by atoms with Gasteiger partial charge in [0.25, 0.3) is 0 Å². The number of aryl methyl sites for hydroxylation is 1. The second kappa shape index (κ2) is 4.96. The van der Waals surface area contributed by atoms with Crippen LogP contribution in [-0.2, 0) is 6.61 Å². The number of rotatable bonds is 3. The van der Waals surface area contributed by atoms with Crippen LogP contribution in [0.5, 0.6) is 11.5 Å². The van der Waals surface area contributed by atoms with Crippen LogP contribution in [0, 0.1) is 12.7 Å². The normalized spacial score (nSPS) is 13.0. The molecule has 2 aromatic rings. The zero-order valence-electron chi connectivity index (χ0n) is 11.0. The minimum atomic E-state index is -0.280. The van der Waals surface area contributed by atoms with E-state index in [1.807, 2.05) is 6.92 Å². The molecule has 0 aromatic heterocycles. The summed E-state index contributed by atoms with van der Waals surface area (Å²) < 4.78 is 24.1. The number of hydrogen-bond donors (Lipinski definition) is 0. The number of hydrogen-bond acceptors (Lipinski definition) is 3. The molecule has 0 aliphatic carbocycles. The van der Waals surface area contributed by atoms with E-state index in [2.05, 4.69) is 0 Å². The van der Waals surface area contributed by atoms with Crippen LogP contribution in [0.2, 0.25) is 0 Å². The highest BCUT2D eigenvalue weighted by Gasteiger charge is 2.21. The molecule has 0 saturated heterocycles. The Hall–Kier alpha value is -2.36. The van der Waals surface area contributed by atoms with E-state index in [0.717, 1.165) is 11.1 Å². The van der Waals surface area contributed by atoms with Crippen LogP contribution in [0.4, 0.5) is 4.39 Å². The van der Waals surface area contributed by atoms with Crippen molar-refractivity contribution in [1.29, 1.82) is 0 Å². The molecule has 20 heavy (non-hydrogen) atoms. The Kier molecular flexibility index (Phi) is 3.14. The molecule has 0 unspecified atom stereocenters. The first-order valence-electron chi connectivity index (χ1n) is 6.31. The number of benzene rings is 2. The summed E-state index contributed by atoms with van der Waals surface area (Å²) in [6, 6.07) is 9.71. The Morgan fingerprint density at radius 3 is 2.95 bits per heavy atom. The van der Waals surface area contributed by atoms with Crippen molar-refractivity contribution >= 4 is 5.78 Å². The number of Topliss-reactive ketones (excluding diaryl/α,β-unsaturated/α-hetero) is 1. The molecule has 3 nitrogen and oxygen atoms in total. The Morgan fingerprint density at radius 1 is 1.25 bits per heavy atom. The molecule has 0 saturated carbocycles.